The molecule has 10 nitrogen and oxygen atoms in total. The highest BCUT2D eigenvalue weighted by Gasteiger charge is 2.26. The van der Waals surface area contributed by atoms with E-state index >= 15 is 0 Å². The summed E-state index contributed by atoms with van der Waals surface area (Å²) in [6, 6.07) is 14.6. The SMILES string of the molecule is C=CC(=O)N1CCCC(n2cnc3c(NCc4ccccc4)nc(Nc4ccc(OCCOC)c(F)c4)nc32)C1. The number of imidazole rings is 1. The van der Waals surface area contributed by atoms with Crippen molar-refractivity contribution < 1.29 is 18.7 Å². The third-order valence-electron chi connectivity index (χ3n) is 6.73. The van der Waals surface area contributed by atoms with Gasteiger partial charge in [0.2, 0.25) is 11.9 Å². The summed E-state index contributed by atoms with van der Waals surface area (Å²) in [5, 5.41) is 6.51. The van der Waals surface area contributed by atoms with Crippen LogP contribution in [-0.2, 0) is 16.1 Å². The van der Waals surface area contributed by atoms with Crippen molar-refractivity contribution in [3.8, 4) is 5.75 Å². The summed E-state index contributed by atoms with van der Waals surface area (Å²) in [6.45, 7) is 5.99. The van der Waals surface area contributed by atoms with Gasteiger partial charge >= 0.3 is 0 Å². The Bertz CT molecular complexity index is 1480. The van der Waals surface area contributed by atoms with Gasteiger partial charge in [0.1, 0.15) is 6.61 Å². The molecule has 3 heterocycles. The van der Waals surface area contributed by atoms with E-state index in [1.807, 2.05) is 34.9 Å². The minimum absolute atomic E-state index is 0.00616. The molecule has 1 saturated heterocycles. The molecule has 2 aromatic heterocycles. The maximum atomic E-state index is 14.7. The first-order valence-electron chi connectivity index (χ1n) is 13.2. The van der Waals surface area contributed by atoms with Crippen LogP contribution in [0.25, 0.3) is 11.2 Å². The van der Waals surface area contributed by atoms with E-state index in [-0.39, 0.29) is 30.3 Å². The van der Waals surface area contributed by atoms with Crippen molar-refractivity contribution in [2.24, 2.45) is 0 Å². The summed E-state index contributed by atoms with van der Waals surface area (Å²) >= 11 is 0. The number of carbonyl (C=O) groups excluding carboxylic acids is 1. The number of fused-ring (bicyclic) bond motifs is 1. The van der Waals surface area contributed by atoms with Gasteiger partial charge in [-0.25, -0.2) is 9.37 Å². The van der Waals surface area contributed by atoms with Gasteiger partial charge in [0.05, 0.1) is 19.0 Å². The number of piperidine rings is 1. The number of amides is 1. The molecule has 1 aliphatic rings. The number of anilines is 3. The van der Waals surface area contributed by atoms with E-state index in [0.29, 0.717) is 48.9 Å². The molecule has 0 bridgehead atoms. The van der Waals surface area contributed by atoms with Crippen molar-refractivity contribution in [1.82, 2.24) is 24.4 Å². The zero-order valence-electron chi connectivity index (χ0n) is 22.3. The molecule has 40 heavy (non-hydrogen) atoms. The highest BCUT2D eigenvalue weighted by molar-refractivity contribution is 5.87. The topological polar surface area (TPSA) is 106 Å². The van der Waals surface area contributed by atoms with Crippen molar-refractivity contribution in [2.75, 3.05) is 44.0 Å². The quantitative estimate of drug-likeness (QED) is 0.206. The number of methoxy groups -OCH3 is 1. The van der Waals surface area contributed by atoms with Gasteiger partial charge in [-0.15, -0.1) is 0 Å². The molecule has 5 rings (SSSR count). The Kier molecular flexibility index (Phi) is 8.50. The van der Waals surface area contributed by atoms with Crippen molar-refractivity contribution in [1.29, 1.82) is 0 Å². The number of aromatic nitrogens is 4. The zero-order chi connectivity index (χ0) is 27.9. The summed E-state index contributed by atoms with van der Waals surface area (Å²) in [5.74, 6) is 0.368. The van der Waals surface area contributed by atoms with Crippen molar-refractivity contribution >= 4 is 34.5 Å². The second kappa shape index (κ2) is 12.6. The molecular formula is C29H32FN7O3. The molecule has 1 amide bonds. The summed E-state index contributed by atoms with van der Waals surface area (Å²) in [7, 11) is 1.56. The lowest BCUT2D eigenvalue weighted by Gasteiger charge is -2.32. The molecule has 0 saturated carbocycles. The predicted molar refractivity (Wildman–Crippen MR) is 151 cm³/mol. The fourth-order valence-corrected chi connectivity index (χ4v) is 4.72. The van der Waals surface area contributed by atoms with Crippen LogP contribution >= 0.6 is 0 Å². The largest absolute Gasteiger partial charge is 0.488 e. The number of carbonyl (C=O) groups is 1. The van der Waals surface area contributed by atoms with Gasteiger partial charge in [-0.2, -0.15) is 9.97 Å². The molecule has 4 aromatic rings. The van der Waals surface area contributed by atoms with Crippen LogP contribution in [0.2, 0.25) is 0 Å². The van der Waals surface area contributed by atoms with E-state index in [2.05, 4.69) is 27.2 Å². The number of benzene rings is 2. The molecule has 11 heteroatoms. The van der Waals surface area contributed by atoms with E-state index in [0.717, 1.165) is 18.4 Å². The third-order valence-corrected chi connectivity index (χ3v) is 6.73. The van der Waals surface area contributed by atoms with Crippen LogP contribution in [0.15, 0.2) is 67.5 Å². The Labute approximate surface area is 231 Å². The molecule has 208 valence electrons. The Morgan fingerprint density at radius 2 is 2.05 bits per heavy atom. The van der Waals surface area contributed by atoms with Gasteiger partial charge in [0.15, 0.2) is 28.5 Å². The van der Waals surface area contributed by atoms with Crippen LogP contribution in [0, 0.1) is 5.82 Å². The Hall–Kier alpha value is -4.51. The van der Waals surface area contributed by atoms with Crippen molar-refractivity contribution in [3.63, 3.8) is 0 Å². The van der Waals surface area contributed by atoms with Crippen molar-refractivity contribution in [2.45, 2.75) is 25.4 Å². The lowest BCUT2D eigenvalue weighted by Crippen LogP contribution is -2.39. The maximum absolute atomic E-state index is 14.7. The summed E-state index contributed by atoms with van der Waals surface area (Å²) in [5.41, 5.74) is 2.78. The summed E-state index contributed by atoms with van der Waals surface area (Å²) < 4.78 is 27.1. The van der Waals surface area contributed by atoms with Crippen LogP contribution in [0.3, 0.4) is 0 Å². The highest BCUT2D eigenvalue weighted by Crippen LogP contribution is 2.30. The first kappa shape index (κ1) is 27.1. The number of ether oxygens (including phenoxy) is 2. The number of nitrogens with zero attached hydrogens (tertiary/aromatic N) is 5. The normalized spacial score (nSPS) is 15.2. The number of rotatable bonds is 11. The van der Waals surface area contributed by atoms with Crippen LogP contribution < -0.4 is 15.4 Å². The predicted octanol–water partition coefficient (Wildman–Crippen LogP) is 4.70. The van der Waals surface area contributed by atoms with E-state index in [4.69, 9.17) is 14.5 Å². The molecule has 1 aliphatic heterocycles. The van der Waals surface area contributed by atoms with Gasteiger partial charge < -0.3 is 29.6 Å². The summed E-state index contributed by atoms with van der Waals surface area (Å²) in [6.07, 6.45) is 4.82. The second-order valence-electron chi connectivity index (χ2n) is 9.45. The lowest BCUT2D eigenvalue weighted by atomic mass is 10.1. The molecule has 1 fully saturated rings. The Balaban J connectivity index is 1.46. The number of hydrogen-bond acceptors (Lipinski definition) is 8. The molecule has 1 unspecified atom stereocenters. The van der Waals surface area contributed by atoms with Crippen LogP contribution in [0.4, 0.5) is 21.8 Å². The second-order valence-corrected chi connectivity index (χ2v) is 9.45. The van der Waals surface area contributed by atoms with Crippen LogP contribution in [-0.4, -0.2) is 63.7 Å². The standard InChI is InChI=1S/C29H32FN7O3/c1-3-25(38)36-13-7-10-22(18-36)37-19-32-26-27(31-17-20-8-5-4-6-9-20)34-29(35-28(26)37)33-21-11-12-24(23(30)16-21)40-15-14-39-2/h3-6,8-9,11-12,16,19,22H,1,7,10,13-15,17-18H2,2H3,(H2,31,33,34,35). The monoisotopic (exact) mass is 545 g/mol. The maximum Gasteiger partial charge on any atom is 0.246 e. The molecule has 2 N–H and O–H groups in total. The van der Waals surface area contributed by atoms with Gasteiger partial charge in [-0.1, -0.05) is 36.9 Å². The fraction of sp³-hybridized carbons (Fsp3) is 0.310. The Morgan fingerprint density at radius 1 is 1.20 bits per heavy atom. The Morgan fingerprint density at radius 3 is 2.83 bits per heavy atom. The smallest absolute Gasteiger partial charge is 0.246 e. The van der Waals surface area contributed by atoms with E-state index < -0.39 is 5.82 Å². The molecule has 1 atom stereocenters. The van der Waals surface area contributed by atoms with E-state index in [1.165, 1.54) is 12.1 Å². The van der Waals surface area contributed by atoms with Crippen LogP contribution in [0.5, 0.6) is 5.75 Å². The average Bonchev–Trinajstić information content (AvgIpc) is 3.41. The molecule has 2 aromatic carbocycles. The van der Waals surface area contributed by atoms with E-state index in [1.54, 1.807) is 30.5 Å². The highest BCUT2D eigenvalue weighted by atomic mass is 19.1. The van der Waals surface area contributed by atoms with Gasteiger partial charge in [0, 0.05) is 38.5 Å². The minimum atomic E-state index is -0.510. The molecule has 0 aliphatic carbocycles. The molecule has 0 spiro atoms. The van der Waals surface area contributed by atoms with E-state index in [9.17, 15) is 9.18 Å². The number of halogens is 1. The zero-order valence-corrected chi connectivity index (χ0v) is 22.3. The van der Waals surface area contributed by atoms with Crippen LogP contribution in [0.1, 0.15) is 24.4 Å². The average molecular weight is 546 g/mol. The number of likely N-dealkylation sites (tertiary alicyclic amines) is 1. The number of nitrogens with one attached hydrogen (secondary N) is 2. The number of hydrogen-bond donors (Lipinski definition) is 2. The van der Waals surface area contributed by atoms with Gasteiger partial charge in [0.25, 0.3) is 0 Å². The first-order chi connectivity index (χ1) is 19.6. The minimum Gasteiger partial charge on any atom is -0.488 e. The first-order valence-corrected chi connectivity index (χ1v) is 13.2. The van der Waals surface area contributed by atoms with Gasteiger partial charge in [-0.3, -0.25) is 4.79 Å². The lowest BCUT2D eigenvalue weighted by molar-refractivity contribution is -0.127. The third kappa shape index (κ3) is 6.20. The fourth-order valence-electron chi connectivity index (χ4n) is 4.72. The molecule has 0 radical (unpaired) electrons. The molecular weight excluding hydrogens is 513 g/mol. The van der Waals surface area contributed by atoms with Gasteiger partial charge in [-0.05, 0) is 36.6 Å². The van der Waals surface area contributed by atoms with Crippen molar-refractivity contribution in [3.05, 3.63) is 78.9 Å². The summed E-state index contributed by atoms with van der Waals surface area (Å²) in [4.78, 5) is 28.2.